The average molecular weight is 277 g/mol. The van der Waals surface area contributed by atoms with E-state index in [2.05, 4.69) is 12.2 Å². The van der Waals surface area contributed by atoms with Crippen LogP contribution in [0.1, 0.15) is 39.5 Å². The van der Waals surface area contributed by atoms with Crippen LogP contribution in [0.5, 0.6) is 0 Å². The lowest BCUT2D eigenvalue weighted by atomic mass is 10.2. The van der Waals surface area contributed by atoms with Crippen molar-refractivity contribution < 1.29 is 8.42 Å². The van der Waals surface area contributed by atoms with Crippen molar-refractivity contribution in [2.75, 3.05) is 33.2 Å². The summed E-state index contributed by atoms with van der Waals surface area (Å²) < 4.78 is 28.3. The monoisotopic (exact) mass is 277 g/mol. The first kappa shape index (κ1) is 15.9. The van der Waals surface area contributed by atoms with Gasteiger partial charge in [0.2, 0.25) is 0 Å². The van der Waals surface area contributed by atoms with Crippen molar-refractivity contribution in [2.24, 2.45) is 0 Å². The molecule has 0 aromatic heterocycles. The first-order valence-corrected chi connectivity index (χ1v) is 8.37. The molecule has 0 saturated carbocycles. The van der Waals surface area contributed by atoms with E-state index in [0.29, 0.717) is 13.1 Å². The van der Waals surface area contributed by atoms with Gasteiger partial charge in [-0.15, -0.1) is 0 Å². The predicted octanol–water partition coefficient (Wildman–Crippen LogP) is 1.04. The number of rotatable bonds is 8. The summed E-state index contributed by atoms with van der Waals surface area (Å²) in [7, 11) is -1.60. The number of hydrogen-bond acceptors (Lipinski definition) is 3. The fourth-order valence-corrected chi connectivity index (χ4v) is 3.95. The van der Waals surface area contributed by atoms with E-state index in [1.165, 1.54) is 4.31 Å². The lowest BCUT2D eigenvalue weighted by molar-refractivity contribution is 0.303. The largest absolute Gasteiger partial charge is 0.315 e. The van der Waals surface area contributed by atoms with Crippen LogP contribution >= 0.6 is 0 Å². The highest BCUT2D eigenvalue weighted by Crippen LogP contribution is 2.17. The van der Waals surface area contributed by atoms with E-state index in [9.17, 15) is 8.42 Å². The molecule has 1 N–H and O–H groups in total. The normalized spacial score (nSPS) is 21.1. The third kappa shape index (κ3) is 3.91. The first-order valence-electron chi connectivity index (χ1n) is 6.97. The van der Waals surface area contributed by atoms with Gasteiger partial charge < -0.3 is 5.32 Å². The average Bonchev–Trinajstić information content (AvgIpc) is 2.85. The first-order chi connectivity index (χ1) is 8.54. The van der Waals surface area contributed by atoms with Crippen LogP contribution < -0.4 is 5.32 Å². The van der Waals surface area contributed by atoms with Crippen LogP contribution in [0.25, 0.3) is 0 Å². The van der Waals surface area contributed by atoms with Crippen LogP contribution in [-0.4, -0.2) is 56.3 Å². The molecule has 0 radical (unpaired) electrons. The second kappa shape index (κ2) is 7.43. The van der Waals surface area contributed by atoms with Crippen LogP contribution in [-0.2, 0) is 10.2 Å². The molecule has 5 nitrogen and oxygen atoms in total. The van der Waals surface area contributed by atoms with Gasteiger partial charge in [-0.2, -0.15) is 17.0 Å². The minimum Gasteiger partial charge on any atom is -0.315 e. The number of hydrogen-bond donors (Lipinski definition) is 1. The van der Waals surface area contributed by atoms with Gasteiger partial charge in [-0.1, -0.05) is 20.3 Å². The minimum absolute atomic E-state index is 0.124. The van der Waals surface area contributed by atoms with Crippen molar-refractivity contribution in [2.45, 2.75) is 45.6 Å². The Morgan fingerprint density at radius 2 is 1.94 bits per heavy atom. The molecule has 1 unspecified atom stereocenters. The number of unbranched alkanes of at least 4 members (excludes halogenated alkanes) is 1. The van der Waals surface area contributed by atoms with Gasteiger partial charge in [0.1, 0.15) is 0 Å². The summed E-state index contributed by atoms with van der Waals surface area (Å²) in [5.74, 6) is 0. The Morgan fingerprint density at radius 3 is 2.44 bits per heavy atom. The van der Waals surface area contributed by atoms with Crippen LogP contribution in [0.4, 0.5) is 0 Å². The summed E-state index contributed by atoms with van der Waals surface area (Å²) in [6, 6.07) is 0.124. The van der Waals surface area contributed by atoms with Crippen LogP contribution in [0.3, 0.4) is 0 Å². The van der Waals surface area contributed by atoms with E-state index in [1.807, 2.05) is 6.92 Å². The molecule has 0 aromatic carbocycles. The molecule has 6 heteroatoms. The molecular weight excluding hydrogens is 250 g/mol. The van der Waals surface area contributed by atoms with Gasteiger partial charge in [0.05, 0.1) is 0 Å². The molecule has 0 amide bonds. The van der Waals surface area contributed by atoms with Gasteiger partial charge in [0.15, 0.2) is 0 Å². The Hall–Kier alpha value is -0.170. The molecule has 1 fully saturated rings. The zero-order valence-corrected chi connectivity index (χ0v) is 12.7. The maximum Gasteiger partial charge on any atom is 0.282 e. The van der Waals surface area contributed by atoms with E-state index in [-0.39, 0.29) is 6.04 Å². The smallest absolute Gasteiger partial charge is 0.282 e. The highest BCUT2D eigenvalue weighted by molar-refractivity contribution is 7.86. The molecule has 1 atom stereocenters. The van der Waals surface area contributed by atoms with Crippen LogP contribution in [0.15, 0.2) is 0 Å². The van der Waals surface area contributed by atoms with E-state index in [1.54, 1.807) is 11.4 Å². The third-order valence-electron chi connectivity index (χ3n) is 3.40. The molecule has 1 aliphatic rings. The molecular formula is C12H27N3O2S. The van der Waals surface area contributed by atoms with Crippen molar-refractivity contribution in [1.29, 1.82) is 0 Å². The number of nitrogens with zero attached hydrogens (tertiary/aromatic N) is 2. The molecule has 108 valence electrons. The Labute approximate surface area is 112 Å². The van der Waals surface area contributed by atoms with Crippen LogP contribution in [0, 0.1) is 0 Å². The Bertz CT molecular complexity index is 326. The summed E-state index contributed by atoms with van der Waals surface area (Å²) in [6.45, 7) is 7.02. The van der Waals surface area contributed by atoms with E-state index in [4.69, 9.17) is 0 Å². The maximum atomic E-state index is 12.5. The fourth-order valence-electron chi connectivity index (χ4n) is 2.27. The Morgan fingerprint density at radius 1 is 1.22 bits per heavy atom. The SMILES string of the molecule is CCCCN(C)S(=O)(=O)N(CCC)C1CCNC1. The molecule has 1 saturated heterocycles. The van der Waals surface area contributed by atoms with Gasteiger partial charge in [-0.25, -0.2) is 0 Å². The molecule has 0 spiro atoms. The fraction of sp³-hybridized carbons (Fsp3) is 1.00. The van der Waals surface area contributed by atoms with Crippen molar-refractivity contribution in [3.8, 4) is 0 Å². The van der Waals surface area contributed by atoms with Crippen molar-refractivity contribution in [3.63, 3.8) is 0 Å². The Kier molecular flexibility index (Phi) is 6.55. The maximum absolute atomic E-state index is 12.5. The second-order valence-electron chi connectivity index (χ2n) is 4.94. The van der Waals surface area contributed by atoms with Gasteiger partial charge in [-0.3, -0.25) is 0 Å². The summed E-state index contributed by atoms with van der Waals surface area (Å²) in [5, 5.41) is 3.24. The molecule has 18 heavy (non-hydrogen) atoms. The van der Waals surface area contributed by atoms with Crippen molar-refractivity contribution in [1.82, 2.24) is 13.9 Å². The molecule has 0 aromatic rings. The predicted molar refractivity (Wildman–Crippen MR) is 74.7 cm³/mol. The van der Waals surface area contributed by atoms with Gasteiger partial charge in [0.25, 0.3) is 10.2 Å². The second-order valence-corrected chi connectivity index (χ2v) is 6.93. The summed E-state index contributed by atoms with van der Waals surface area (Å²) in [6.07, 6.45) is 3.70. The van der Waals surface area contributed by atoms with Gasteiger partial charge >= 0.3 is 0 Å². The highest BCUT2D eigenvalue weighted by Gasteiger charge is 2.33. The van der Waals surface area contributed by atoms with E-state index >= 15 is 0 Å². The van der Waals surface area contributed by atoms with E-state index in [0.717, 1.165) is 38.8 Å². The zero-order valence-electron chi connectivity index (χ0n) is 11.9. The van der Waals surface area contributed by atoms with Gasteiger partial charge in [0, 0.05) is 32.7 Å². The summed E-state index contributed by atoms with van der Waals surface area (Å²) in [5.41, 5.74) is 0. The standard InChI is InChI=1S/C12H27N3O2S/c1-4-6-10-14(3)18(16,17)15(9-5-2)12-7-8-13-11-12/h12-13H,4-11H2,1-3H3. The van der Waals surface area contributed by atoms with Crippen molar-refractivity contribution in [3.05, 3.63) is 0 Å². The molecule has 0 aliphatic carbocycles. The number of nitrogens with one attached hydrogen (secondary N) is 1. The minimum atomic E-state index is -3.29. The lowest BCUT2D eigenvalue weighted by Gasteiger charge is -2.31. The van der Waals surface area contributed by atoms with E-state index < -0.39 is 10.2 Å². The summed E-state index contributed by atoms with van der Waals surface area (Å²) in [4.78, 5) is 0. The van der Waals surface area contributed by atoms with Crippen LogP contribution in [0.2, 0.25) is 0 Å². The topological polar surface area (TPSA) is 52.7 Å². The lowest BCUT2D eigenvalue weighted by Crippen LogP contribution is -2.48. The summed E-state index contributed by atoms with van der Waals surface area (Å²) >= 11 is 0. The molecule has 1 rings (SSSR count). The quantitative estimate of drug-likeness (QED) is 0.721. The molecule has 0 bridgehead atoms. The Balaban J connectivity index is 2.75. The van der Waals surface area contributed by atoms with Gasteiger partial charge in [-0.05, 0) is 25.8 Å². The third-order valence-corrected chi connectivity index (χ3v) is 5.45. The molecule has 1 aliphatic heterocycles. The molecule has 1 heterocycles. The zero-order chi connectivity index (χ0) is 13.6. The van der Waals surface area contributed by atoms with Crippen molar-refractivity contribution >= 4 is 10.2 Å². The highest BCUT2D eigenvalue weighted by atomic mass is 32.2.